The summed E-state index contributed by atoms with van der Waals surface area (Å²) in [5, 5.41) is 3.61. The molecule has 1 fully saturated rings. The predicted molar refractivity (Wildman–Crippen MR) is 127 cm³/mol. The lowest BCUT2D eigenvalue weighted by atomic mass is 10.1. The minimum atomic E-state index is -0.505. The van der Waals surface area contributed by atoms with Gasteiger partial charge in [-0.2, -0.15) is 0 Å². The van der Waals surface area contributed by atoms with Crippen LogP contribution in [0.4, 0.5) is 5.69 Å². The molecule has 9 heteroatoms. The van der Waals surface area contributed by atoms with E-state index in [1.165, 1.54) is 18.4 Å². The Labute approximate surface area is 196 Å². The number of nitrogens with zero attached hydrogens (tertiary/aromatic N) is 3. The number of anilines is 1. The molecule has 4 rings (SSSR count). The van der Waals surface area contributed by atoms with Gasteiger partial charge in [0.05, 0.1) is 24.9 Å². The van der Waals surface area contributed by atoms with Gasteiger partial charge in [0, 0.05) is 45.0 Å². The van der Waals surface area contributed by atoms with Crippen molar-refractivity contribution in [2.24, 2.45) is 0 Å². The van der Waals surface area contributed by atoms with Gasteiger partial charge in [-0.05, 0) is 17.7 Å². The Hall–Kier alpha value is -3.30. The number of carbonyl (C=O) groups excluding carboxylic acids is 3. The fraction of sp³-hybridized carbons (Fsp3) is 0.333. The number of ether oxygens (including phenoxy) is 1. The lowest BCUT2D eigenvalue weighted by molar-refractivity contribution is -0.130. The fourth-order valence-electron chi connectivity index (χ4n) is 3.88. The van der Waals surface area contributed by atoms with E-state index in [2.05, 4.69) is 10.2 Å². The van der Waals surface area contributed by atoms with Crippen molar-refractivity contribution in [3.63, 3.8) is 0 Å². The monoisotopic (exact) mass is 466 g/mol. The quantitative estimate of drug-likeness (QED) is 0.562. The summed E-state index contributed by atoms with van der Waals surface area (Å²) in [7, 11) is 1.32. The first-order valence-electron chi connectivity index (χ1n) is 10.8. The van der Waals surface area contributed by atoms with Crippen molar-refractivity contribution < 1.29 is 19.1 Å². The smallest absolute Gasteiger partial charge is 0.350 e. The molecule has 0 unspecified atom stereocenters. The molecule has 1 saturated heterocycles. The van der Waals surface area contributed by atoms with Gasteiger partial charge in [-0.15, -0.1) is 11.3 Å². The first kappa shape index (κ1) is 22.9. The predicted octanol–water partition coefficient (Wildman–Crippen LogP) is 2.93. The van der Waals surface area contributed by atoms with E-state index in [0.717, 1.165) is 24.3 Å². The average Bonchev–Trinajstić information content (AvgIpc) is 3.17. The molecule has 2 amide bonds. The molecule has 3 heterocycles. The van der Waals surface area contributed by atoms with Gasteiger partial charge < -0.3 is 15.0 Å². The number of aromatic nitrogens is 1. The van der Waals surface area contributed by atoms with Crippen molar-refractivity contribution in [1.29, 1.82) is 0 Å². The highest BCUT2D eigenvalue weighted by Crippen LogP contribution is 2.35. The zero-order chi connectivity index (χ0) is 23.4. The molecule has 0 radical (unpaired) electrons. The SMILES string of the molecule is COC(=O)c1sc2nc(CN3CCN(C(C)=O)CC3)ccc2c1NC(=O)Cc1ccccc1. The van der Waals surface area contributed by atoms with E-state index < -0.39 is 5.97 Å². The summed E-state index contributed by atoms with van der Waals surface area (Å²) >= 11 is 1.21. The van der Waals surface area contributed by atoms with Crippen molar-refractivity contribution >= 4 is 45.0 Å². The summed E-state index contributed by atoms with van der Waals surface area (Å²) in [4.78, 5) is 46.5. The van der Waals surface area contributed by atoms with Gasteiger partial charge in [-0.25, -0.2) is 9.78 Å². The number of pyridine rings is 1. The molecule has 8 nitrogen and oxygen atoms in total. The van der Waals surface area contributed by atoms with Crippen molar-refractivity contribution in [1.82, 2.24) is 14.8 Å². The zero-order valence-corrected chi connectivity index (χ0v) is 19.5. The second-order valence-electron chi connectivity index (χ2n) is 7.95. The Morgan fingerprint density at radius 1 is 1.06 bits per heavy atom. The number of hydrogen-bond donors (Lipinski definition) is 1. The third-order valence-electron chi connectivity index (χ3n) is 5.66. The van der Waals surface area contributed by atoms with E-state index in [0.29, 0.717) is 40.4 Å². The number of esters is 1. The molecule has 172 valence electrons. The Bertz CT molecular complexity index is 1170. The molecule has 2 aromatic heterocycles. The number of thiophene rings is 1. The van der Waals surface area contributed by atoms with E-state index in [1.807, 2.05) is 47.4 Å². The zero-order valence-electron chi connectivity index (χ0n) is 18.7. The number of hydrogen-bond acceptors (Lipinski definition) is 7. The molecule has 0 atom stereocenters. The van der Waals surface area contributed by atoms with E-state index in [9.17, 15) is 14.4 Å². The van der Waals surface area contributed by atoms with Gasteiger partial charge in [0.1, 0.15) is 9.71 Å². The topological polar surface area (TPSA) is 91.8 Å². The summed E-state index contributed by atoms with van der Waals surface area (Å²) in [5.74, 6) is -0.613. The molecule has 0 spiro atoms. The molecule has 0 saturated carbocycles. The van der Waals surface area contributed by atoms with Gasteiger partial charge in [0.15, 0.2) is 0 Å². The van der Waals surface area contributed by atoms with Crippen molar-refractivity contribution in [2.75, 3.05) is 38.6 Å². The van der Waals surface area contributed by atoms with Crippen LogP contribution >= 0.6 is 11.3 Å². The molecule has 0 aliphatic carbocycles. The van der Waals surface area contributed by atoms with Crippen LogP contribution in [-0.2, 0) is 27.3 Å². The summed E-state index contributed by atoms with van der Waals surface area (Å²) in [6, 6.07) is 13.2. The van der Waals surface area contributed by atoms with E-state index >= 15 is 0 Å². The first-order chi connectivity index (χ1) is 15.9. The Morgan fingerprint density at radius 3 is 2.45 bits per heavy atom. The largest absolute Gasteiger partial charge is 0.465 e. The van der Waals surface area contributed by atoms with E-state index in [4.69, 9.17) is 9.72 Å². The molecule has 3 aromatic rings. The number of nitrogens with one attached hydrogen (secondary N) is 1. The molecule has 1 aromatic carbocycles. The highest BCUT2D eigenvalue weighted by atomic mass is 32.1. The third kappa shape index (κ3) is 5.37. The number of amides is 2. The number of piperazine rings is 1. The van der Waals surface area contributed by atoms with Gasteiger partial charge in [-0.3, -0.25) is 14.5 Å². The Kier molecular flexibility index (Phi) is 7.00. The van der Waals surface area contributed by atoms with Crippen LogP contribution in [0.5, 0.6) is 0 Å². The van der Waals surface area contributed by atoms with Gasteiger partial charge in [0.25, 0.3) is 0 Å². The highest BCUT2D eigenvalue weighted by molar-refractivity contribution is 7.21. The number of methoxy groups -OCH3 is 1. The Balaban J connectivity index is 1.53. The average molecular weight is 467 g/mol. The van der Waals surface area contributed by atoms with Crippen molar-refractivity contribution in [2.45, 2.75) is 19.9 Å². The molecule has 1 aliphatic rings. The van der Waals surface area contributed by atoms with Gasteiger partial charge in [-0.1, -0.05) is 30.3 Å². The molecular weight excluding hydrogens is 440 g/mol. The summed E-state index contributed by atoms with van der Waals surface area (Å²) in [6.45, 7) is 5.25. The highest BCUT2D eigenvalue weighted by Gasteiger charge is 2.23. The van der Waals surface area contributed by atoms with Crippen LogP contribution in [-0.4, -0.2) is 65.9 Å². The molecule has 1 N–H and O–H groups in total. The van der Waals surface area contributed by atoms with Crippen LogP contribution in [0.25, 0.3) is 10.2 Å². The minimum Gasteiger partial charge on any atom is -0.465 e. The number of fused-ring (bicyclic) bond motifs is 1. The first-order valence-corrected chi connectivity index (χ1v) is 11.6. The minimum absolute atomic E-state index is 0.102. The standard InChI is InChI=1S/C24H26N4O4S/c1-16(29)28-12-10-27(11-13-28)15-18-8-9-19-21(22(24(31)32-2)33-23(19)25-18)26-20(30)14-17-6-4-3-5-7-17/h3-9H,10-15H2,1-2H3,(H,26,30). The maximum absolute atomic E-state index is 12.7. The van der Waals surface area contributed by atoms with Crippen LogP contribution in [0.3, 0.4) is 0 Å². The second kappa shape index (κ2) is 10.1. The van der Waals surface area contributed by atoms with Gasteiger partial charge >= 0.3 is 5.97 Å². The molecule has 1 aliphatic heterocycles. The van der Waals surface area contributed by atoms with Crippen LogP contribution in [0.1, 0.15) is 27.9 Å². The Morgan fingerprint density at radius 2 is 1.79 bits per heavy atom. The van der Waals surface area contributed by atoms with Crippen LogP contribution in [0.15, 0.2) is 42.5 Å². The van der Waals surface area contributed by atoms with Crippen molar-refractivity contribution in [3.8, 4) is 0 Å². The number of carbonyl (C=O) groups is 3. The van der Waals surface area contributed by atoms with Gasteiger partial charge in [0.2, 0.25) is 11.8 Å². The maximum atomic E-state index is 12.7. The summed E-state index contributed by atoms with van der Waals surface area (Å²) in [6.07, 6.45) is 0.205. The summed E-state index contributed by atoms with van der Waals surface area (Å²) in [5.41, 5.74) is 2.20. The normalized spacial score (nSPS) is 14.3. The van der Waals surface area contributed by atoms with Crippen LogP contribution in [0.2, 0.25) is 0 Å². The number of benzene rings is 1. The maximum Gasteiger partial charge on any atom is 0.350 e. The second-order valence-corrected chi connectivity index (χ2v) is 8.94. The van der Waals surface area contributed by atoms with Crippen LogP contribution in [0, 0.1) is 0 Å². The van der Waals surface area contributed by atoms with Crippen LogP contribution < -0.4 is 5.32 Å². The lowest BCUT2D eigenvalue weighted by Gasteiger charge is -2.33. The van der Waals surface area contributed by atoms with Crippen molar-refractivity contribution in [3.05, 3.63) is 58.6 Å². The van der Waals surface area contributed by atoms with E-state index in [-0.39, 0.29) is 18.2 Å². The molecular formula is C24H26N4O4S. The number of rotatable bonds is 6. The molecule has 0 bridgehead atoms. The fourth-order valence-corrected chi connectivity index (χ4v) is 4.95. The summed E-state index contributed by atoms with van der Waals surface area (Å²) < 4.78 is 4.94. The lowest BCUT2D eigenvalue weighted by Crippen LogP contribution is -2.47. The van der Waals surface area contributed by atoms with E-state index in [1.54, 1.807) is 6.92 Å². The third-order valence-corrected chi connectivity index (χ3v) is 6.74. The molecule has 33 heavy (non-hydrogen) atoms.